The summed E-state index contributed by atoms with van der Waals surface area (Å²) in [4.78, 5) is 26.1. The molecule has 6 nitrogen and oxygen atoms in total. The summed E-state index contributed by atoms with van der Waals surface area (Å²) in [5.41, 5.74) is 2.29. The van der Waals surface area contributed by atoms with E-state index in [0.29, 0.717) is 29.5 Å². The van der Waals surface area contributed by atoms with Crippen LogP contribution in [0.4, 0.5) is 0 Å². The molecule has 0 bridgehead atoms. The second kappa shape index (κ2) is 7.14. The van der Waals surface area contributed by atoms with Gasteiger partial charge in [0.1, 0.15) is 4.88 Å². The zero-order valence-corrected chi connectivity index (χ0v) is 14.9. The average Bonchev–Trinajstić information content (AvgIpc) is 3.02. The van der Waals surface area contributed by atoms with Gasteiger partial charge >= 0.3 is 5.97 Å². The summed E-state index contributed by atoms with van der Waals surface area (Å²) >= 11 is 1.01. The Labute approximate surface area is 149 Å². The lowest BCUT2D eigenvalue weighted by Gasteiger charge is -2.19. The zero-order valence-electron chi connectivity index (χ0n) is 14.1. The lowest BCUT2D eigenvalue weighted by Crippen LogP contribution is -2.32. The normalized spacial score (nSPS) is 13.8. The predicted octanol–water partition coefficient (Wildman–Crippen LogP) is 2.70. The van der Waals surface area contributed by atoms with Crippen molar-refractivity contribution in [1.29, 1.82) is 0 Å². The third-order valence-corrected chi connectivity index (χ3v) is 5.38. The standard InChI is InChI=1S/C18H19NO5S/c1-23-13-9-11-5-7-19(8-6-12(11)10-14(13)24-2)17(20)15-3-4-16(25-15)18(21)22/h3-4,9-10H,5-8H2,1-2H3,(H,21,22). The Balaban J connectivity index is 1.79. The van der Waals surface area contributed by atoms with E-state index in [2.05, 4.69) is 0 Å². The average molecular weight is 361 g/mol. The molecule has 0 radical (unpaired) electrons. The van der Waals surface area contributed by atoms with Crippen LogP contribution >= 0.6 is 11.3 Å². The van der Waals surface area contributed by atoms with E-state index in [9.17, 15) is 9.59 Å². The first-order valence-corrected chi connectivity index (χ1v) is 8.71. The number of carbonyl (C=O) groups excluding carboxylic acids is 1. The van der Waals surface area contributed by atoms with Gasteiger partial charge in [0, 0.05) is 13.1 Å². The number of thiophene rings is 1. The third kappa shape index (κ3) is 3.46. The second-order valence-corrected chi connectivity index (χ2v) is 6.82. The highest BCUT2D eigenvalue weighted by Gasteiger charge is 2.23. The van der Waals surface area contributed by atoms with Gasteiger partial charge < -0.3 is 19.5 Å². The number of ether oxygens (including phenoxy) is 2. The van der Waals surface area contributed by atoms with Crippen LogP contribution in [-0.2, 0) is 12.8 Å². The Kier molecular flexibility index (Phi) is 4.94. The summed E-state index contributed by atoms with van der Waals surface area (Å²) in [5, 5.41) is 9.01. The number of carboxylic acid groups (broad SMARTS) is 1. The summed E-state index contributed by atoms with van der Waals surface area (Å²) in [5.74, 6) is 0.242. The van der Waals surface area contributed by atoms with Crippen LogP contribution in [0.5, 0.6) is 11.5 Å². The molecule has 1 aromatic carbocycles. The molecule has 1 amide bonds. The summed E-state index contributed by atoms with van der Waals surface area (Å²) in [6.07, 6.45) is 1.44. The van der Waals surface area contributed by atoms with Gasteiger partial charge in [0.25, 0.3) is 5.91 Å². The monoisotopic (exact) mass is 361 g/mol. The molecule has 0 fully saturated rings. The van der Waals surface area contributed by atoms with Gasteiger partial charge in [0.15, 0.2) is 11.5 Å². The molecular formula is C18H19NO5S. The molecule has 1 aliphatic heterocycles. The number of carboxylic acids is 1. The van der Waals surface area contributed by atoms with Gasteiger partial charge in [-0.25, -0.2) is 4.79 Å². The van der Waals surface area contributed by atoms with Gasteiger partial charge in [0.05, 0.1) is 19.1 Å². The summed E-state index contributed by atoms with van der Waals surface area (Å²) < 4.78 is 10.7. The van der Waals surface area contributed by atoms with E-state index in [0.717, 1.165) is 35.3 Å². The Morgan fingerprint density at radius 3 is 1.96 bits per heavy atom. The van der Waals surface area contributed by atoms with Gasteiger partial charge in [-0.15, -0.1) is 11.3 Å². The first-order valence-electron chi connectivity index (χ1n) is 7.89. The Morgan fingerprint density at radius 1 is 1.00 bits per heavy atom. The molecule has 7 heteroatoms. The Bertz CT molecular complexity index is 779. The van der Waals surface area contributed by atoms with Crippen molar-refractivity contribution in [2.75, 3.05) is 27.3 Å². The fraction of sp³-hybridized carbons (Fsp3) is 0.333. The lowest BCUT2D eigenvalue weighted by molar-refractivity contribution is 0.0701. The van der Waals surface area contributed by atoms with E-state index in [1.54, 1.807) is 25.2 Å². The van der Waals surface area contributed by atoms with Crippen molar-refractivity contribution in [1.82, 2.24) is 4.90 Å². The summed E-state index contributed by atoms with van der Waals surface area (Å²) in [7, 11) is 3.21. The molecule has 2 aromatic rings. The quantitative estimate of drug-likeness (QED) is 0.906. The van der Waals surface area contributed by atoms with E-state index >= 15 is 0 Å². The molecule has 2 heterocycles. The first-order chi connectivity index (χ1) is 12.0. The molecule has 0 saturated heterocycles. The minimum atomic E-state index is -1.01. The molecule has 1 N–H and O–H groups in total. The van der Waals surface area contributed by atoms with Crippen LogP contribution < -0.4 is 9.47 Å². The SMILES string of the molecule is COc1cc2c(cc1OC)CCN(C(=O)c1ccc(C(=O)O)s1)CC2. The highest BCUT2D eigenvalue weighted by atomic mass is 32.1. The van der Waals surface area contributed by atoms with Crippen LogP contribution in [0.3, 0.4) is 0 Å². The van der Waals surface area contributed by atoms with Gasteiger partial charge in [0.2, 0.25) is 0 Å². The predicted molar refractivity (Wildman–Crippen MR) is 94.1 cm³/mol. The van der Waals surface area contributed by atoms with Crippen molar-refractivity contribution in [3.8, 4) is 11.5 Å². The lowest BCUT2D eigenvalue weighted by atomic mass is 10.0. The van der Waals surface area contributed by atoms with Gasteiger partial charge in [-0.2, -0.15) is 0 Å². The van der Waals surface area contributed by atoms with Crippen molar-refractivity contribution in [3.05, 3.63) is 45.1 Å². The van der Waals surface area contributed by atoms with Crippen molar-refractivity contribution in [2.45, 2.75) is 12.8 Å². The molecule has 25 heavy (non-hydrogen) atoms. The molecule has 0 unspecified atom stereocenters. The largest absolute Gasteiger partial charge is 0.493 e. The number of benzene rings is 1. The summed E-state index contributed by atoms with van der Waals surface area (Å²) in [6.45, 7) is 1.17. The molecule has 0 aliphatic carbocycles. The van der Waals surface area contributed by atoms with Crippen LogP contribution in [0, 0.1) is 0 Å². The second-order valence-electron chi connectivity index (χ2n) is 5.74. The number of carbonyl (C=O) groups is 2. The molecule has 1 aliphatic rings. The topological polar surface area (TPSA) is 76.1 Å². The fourth-order valence-corrected chi connectivity index (χ4v) is 3.79. The van der Waals surface area contributed by atoms with Crippen LogP contribution in [0.1, 0.15) is 30.5 Å². The third-order valence-electron chi connectivity index (χ3n) is 4.32. The molecular weight excluding hydrogens is 342 g/mol. The van der Waals surface area contributed by atoms with Crippen LogP contribution in [0.2, 0.25) is 0 Å². The van der Waals surface area contributed by atoms with Crippen molar-refractivity contribution < 1.29 is 24.2 Å². The number of aromatic carboxylic acids is 1. The smallest absolute Gasteiger partial charge is 0.345 e. The molecule has 3 rings (SSSR count). The Hall–Kier alpha value is -2.54. The van der Waals surface area contributed by atoms with E-state index in [1.807, 2.05) is 12.1 Å². The number of fused-ring (bicyclic) bond motifs is 1. The minimum absolute atomic E-state index is 0.121. The first kappa shape index (κ1) is 17.3. The maximum Gasteiger partial charge on any atom is 0.345 e. The number of methoxy groups -OCH3 is 2. The van der Waals surface area contributed by atoms with E-state index in [1.165, 1.54) is 6.07 Å². The number of nitrogens with zero attached hydrogens (tertiary/aromatic N) is 1. The van der Waals surface area contributed by atoms with Crippen molar-refractivity contribution in [2.24, 2.45) is 0 Å². The summed E-state index contributed by atoms with van der Waals surface area (Å²) in [6, 6.07) is 6.99. The molecule has 0 saturated carbocycles. The Morgan fingerprint density at radius 2 is 1.52 bits per heavy atom. The van der Waals surface area contributed by atoms with Crippen LogP contribution in [-0.4, -0.2) is 49.2 Å². The van der Waals surface area contributed by atoms with Gasteiger partial charge in [-0.05, 0) is 48.2 Å². The molecule has 0 spiro atoms. The highest BCUT2D eigenvalue weighted by molar-refractivity contribution is 7.15. The van der Waals surface area contributed by atoms with E-state index in [4.69, 9.17) is 14.6 Å². The van der Waals surface area contributed by atoms with Gasteiger partial charge in [-0.1, -0.05) is 0 Å². The van der Waals surface area contributed by atoms with Crippen LogP contribution in [0.25, 0.3) is 0 Å². The minimum Gasteiger partial charge on any atom is -0.493 e. The number of rotatable bonds is 4. The maximum absolute atomic E-state index is 12.7. The van der Waals surface area contributed by atoms with Crippen LogP contribution in [0.15, 0.2) is 24.3 Å². The molecule has 0 atom stereocenters. The molecule has 1 aromatic heterocycles. The van der Waals surface area contributed by atoms with E-state index < -0.39 is 5.97 Å². The highest BCUT2D eigenvalue weighted by Crippen LogP contribution is 2.32. The van der Waals surface area contributed by atoms with Crippen molar-refractivity contribution >= 4 is 23.2 Å². The number of hydrogen-bond acceptors (Lipinski definition) is 5. The number of hydrogen-bond donors (Lipinski definition) is 1. The molecule has 132 valence electrons. The van der Waals surface area contributed by atoms with Gasteiger partial charge in [-0.3, -0.25) is 4.79 Å². The number of amides is 1. The van der Waals surface area contributed by atoms with Crippen molar-refractivity contribution in [3.63, 3.8) is 0 Å². The van der Waals surface area contributed by atoms with E-state index in [-0.39, 0.29) is 10.8 Å². The zero-order chi connectivity index (χ0) is 18.0. The maximum atomic E-state index is 12.7. The fourth-order valence-electron chi connectivity index (χ4n) is 2.98.